The fourth-order valence-electron chi connectivity index (χ4n) is 3.13. The van der Waals surface area contributed by atoms with Gasteiger partial charge in [0.05, 0.1) is 29.3 Å². The maximum atomic E-state index is 12.6. The third-order valence-electron chi connectivity index (χ3n) is 4.31. The SMILES string of the molecule is CC1(C)Cc2ccc(C(=O)Nc3cnn(-c4ccccc4)c3)c(O)c2O1. The van der Waals surface area contributed by atoms with Gasteiger partial charge in [0.2, 0.25) is 0 Å². The molecule has 0 radical (unpaired) electrons. The van der Waals surface area contributed by atoms with Gasteiger partial charge in [0.25, 0.3) is 5.91 Å². The van der Waals surface area contributed by atoms with E-state index in [1.807, 2.05) is 50.2 Å². The maximum absolute atomic E-state index is 12.6. The maximum Gasteiger partial charge on any atom is 0.259 e. The van der Waals surface area contributed by atoms with Gasteiger partial charge in [-0.25, -0.2) is 4.68 Å². The number of hydrogen-bond donors (Lipinski definition) is 2. The van der Waals surface area contributed by atoms with Crippen molar-refractivity contribution >= 4 is 11.6 Å². The van der Waals surface area contributed by atoms with Crippen molar-refractivity contribution in [2.75, 3.05) is 5.32 Å². The molecule has 6 nitrogen and oxygen atoms in total. The summed E-state index contributed by atoms with van der Waals surface area (Å²) in [6, 6.07) is 13.0. The summed E-state index contributed by atoms with van der Waals surface area (Å²) < 4.78 is 7.45. The zero-order chi connectivity index (χ0) is 18.3. The van der Waals surface area contributed by atoms with Crippen molar-refractivity contribution in [2.24, 2.45) is 0 Å². The van der Waals surface area contributed by atoms with Crippen LogP contribution < -0.4 is 10.1 Å². The van der Waals surface area contributed by atoms with Crippen molar-refractivity contribution in [3.63, 3.8) is 0 Å². The normalized spacial score (nSPS) is 14.5. The highest BCUT2D eigenvalue weighted by molar-refractivity contribution is 6.06. The number of fused-ring (bicyclic) bond motifs is 1. The van der Waals surface area contributed by atoms with Crippen LogP contribution in [0.15, 0.2) is 54.9 Å². The van der Waals surface area contributed by atoms with Crippen LogP contribution in [0.2, 0.25) is 0 Å². The number of ether oxygens (including phenoxy) is 1. The van der Waals surface area contributed by atoms with Gasteiger partial charge in [-0.15, -0.1) is 0 Å². The Labute approximate surface area is 151 Å². The molecule has 1 aromatic heterocycles. The molecule has 132 valence electrons. The summed E-state index contributed by atoms with van der Waals surface area (Å²) in [4.78, 5) is 12.6. The first-order valence-corrected chi connectivity index (χ1v) is 8.38. The summed E-state index contributed by atoms with van der Waals surface area (Å²) in [5.41, 5.74) is 2.13. The molecule has 0 bridgehead atoms. The summed E-state index contributed by atoms with van der Waals surface area (Å²) in [6.07, 6.45) is 3.98. The molecule has 6 heteroatoms. The molecule has 1 aliphatic heterocycles. The quantitative estimate of drug-likeness (QED) is 0.758. The van der Waals surface area contributed by atoms with E-state index in [1.54, 1.807) is 23.1 Å². The van der Waals surface area contributed by atoms with Crippen LogP contribution in [0.5, 0.6) is 11.5 Å². The molecule has 0 atom stereocenters. The lowest BCUT2D eigenvalue weighted by molar-refractivity contribution is 0.102. The first kappa shape index (κ1) is 16.2. The van der Waals surface area contributed by atoms with E-state index in [9.17, 15) is 9.90 Å². The monoisotopic (exact) mass is 349 g/mol. The van der Waals surface area contributed by atoms with Crippen molar-refractivity contribution in [2.45, 2.75) is 25.9 Å². The summed E-state index contributed by atoms with van der Waals surface area (Å²) in [5.74, 6) is -0.144. The highest BCUT2D eigenvalue weighted by atomic mass is 16.5. The highest BCUT2D eigenvalue weighted by Crippen LogP contribution is 2.43. The van der Waals surface area contributed by atoms with Gasteiger partial charge in [-0.2, -0.15) is 5.10 Å². The standard InChI is InChI=1S/C20H19N3O3/c1-20(2)10-13-8-9-16(17(24)18(13)26-20)19(25)22-14-11-21-23(12-14)15-6-4-3-5-7-15/h3-9,11-12,24H,10H2,1-2H3,(H,22,25). The minimum absolute atomic E-state index is 0.124. The number of benzene rings is 2. The van der Waals surface area contributed by atoms with Gasteiger partial charge in [0.1, 0.15) is 5.60 Å². The van der Waals surface area contributed by atoms with Gasteiger partial charge in [-0.3, -0.25) is 4.79 Å². The van der Waals surface area contributed by atoms with Crippen LogP contribution in [0.3, 0.4) is 0 Å². The fourth-order valence-corrected chi connectivity index (χ4v) is 3.13. The van der Waals surface area contributed by atoms with Crippen molar-refractivity contribution in [1.29, 1.82) is 0 Å². The molecule has 1 aliphatic rings. The lowest BCUT2D eigenvalue weighted by atomic mass is 10.0. The van der Waals surface area contributed by atoms with Crippen LogP contribution in [0.1, 0.15) is 29.8 Å². The molecule has 0 saturated carbocycles. The average Bonchev–Trinajstić information content (AvgIpc) is 3.19. The van der Waals surface area contributed by atoms with E-state index in [2.05, 4.69) is 10.4 Å². The molecule has 2 aromatic carbocycles. The van der Waals surface area contributed by atoms with E-state index in [1.165, 1.54) is 0 Å². The van der Waals surface area contributed by atoms with Gasteiger partial charge in [0.15, 0.2) is 11.5 Å². The molecule has 0 fully saturated rings. The van der Waals surface area contributed by atoms with E-state index < -0.39 is 5.91 Å². The summed E-state index contributed by atoms with van der Waals surface area (Å²) >= 11 is 0. The molecule has 3 aromatic rings. The van der Waals surface area contributed by atoms with Crippen molar-refractivity contribution in [3.8, 4) is 17.2 Å². The first-order chi connectivity index (χ1) is 12.4. The first-order valence-electron chi connectivity index (χ1n) is 8.38. The van der Waals surface area contributed by atoms with E-state index in [0.29, 0.717) is 17.9 Å². The predicted molar refractivity (Wildman–Crippen MR) is 98.0 cm³/mol. The Morgan fingerprint density at radius 1 is 1.23 bits per heavy atom. The number of nitrogens with zero attached hydrogens (tertiary/aromatic N) is 2. The van der Waals surface area contributed by atoms with Crippen LogP contribution in [-0.2, 0) is 6.42 Å². The molecule has 1 amide bonds. The van der Waals surface area contributed by atoms with Crippen LogP contribution in [0, 0.1) is 0 Å². The Morgan fingerprint density at radius 3 is 2.77 bits per heavy atom. The molecule has 2 N–H and O–H groups in total. The van der Waals surface area contributed by atoms with Crippen LogP contribution in [0.25, 0.3) is 5.69 Å². The zero-order valence-electron chi connectivity index (χ0n) is 14.6. The second-order valence-electron chi connectivity index (χ2n) is 6.95. The molecule has 0 saturated heterocycles. The van der Waals surface area contributed by atoms with E-state index in [-0.39, 0.29) is 16.9 Å². The number of carbonyl (C=O) groups is 1. The largest absolute Gasteiger partial charge is 0.504 e. The summed E-state index contributed by atoms with van der Waals surface area (Å²) in [5, 5.41) is 17.5. The Bertz CT molecular complexity index is 977. The number of para-hydroxylation sites is 1. The summed E-state index contributed by atoms with van der Waals surface area (Å²) in [6.45, 7) is 3.90. The number of aromatic nitrogens is 2. The zero-order valence-corrected chi connectivity index (χ0v) is 14.6. The number of carbonyl (C=O) groups excluding carboxylic acids is 1. The van der Waals surface area contributed by atoms with Crippen molar-refractivity contribution in [1.82, 2.24) is 9.78 Å². The molecule has 0 unspecified atom stereocenters. The smallest absolute Gasteiger partial charge is 0.259 e. The number of phenols is 1. The number of nitrogens with one attached hydrogen (secondary N) is 1. The number of rotatable bonds is 3. The Hall–Kier alpha value is -3.28. The van der Waals surface area contributed by atoms with Crippen molar-refractivity contribution in [3.05, 3.63) is 66.0 Å². The molecule has 0 aliphatic carbocycles. The third kappa shape index (κ3) is 2.90. The number of hydrogen-bond acceptors (Lipinski definition) is 4. The fraction of sp³-hybridized carbons (Fsp3) is 0.200. The second kappa shape index (κ2) is 5.91. The predicted octanol–water partition coefficient (Wildman–Crippen LogP) is 3.54. The van der Waals surface area contributed by atoms with E-state index in [4.69, 9.17) is 4.74 Å². The van der Waals surface area contributed by atoms with Crippen LogP contribution >= 0.6 is 0 Å². The minimum Gasteiger partial charge on any atom is -0.504 e. The van der Waals surface area contributed by atoms with Crippen LogP contribution in [-0.4, -0.2) is 26.4 Å². The second-order valence-corrected chi connectivity index (χ2v) is 6.95. The van der Waals surface area contributed by atoms with Gasteiger partial charge in [-0.1, -0.05) is 24.3 Å². The molecule has 4 rings (SSSR count). The number of aromatic hydroxyl groups is 1. The molecule has 2 heterocycles. The van der Waals surface area contributed by atoms with Gasteiger partial charge in [0, 0.05) is 12.0 Å². The molecule has 26 heavy (non-hydrogen) atoms. The van der Waals surface area contributed by atoms with E-state index >= 15 is 0 Å². The Kier molecular flexibility index (Phi) is 3.68. The third-order valence-corrected chi connectivity index (χ3v) is 4.31. The number of anilines is 1. The van der Waals surface area contributed by atoms with Gasteiger partial charge in [-0.05, 0) is 32.0 Å². The Balaban J connectivity index is 1.56. The molecular weight excluding hydrogens is 330 g/mol. The molecular formula is C20H19N3O3. The highest BCUT2D eigenvalue weighted by Gasteiger charge is 2.33. The minimum atomic E-state index is -0.411. The number of phenolic OH excluding ortho intramolecular Hbond substituents is 1. The van der Waals surface area contributed by atoms with E-state index in [0.717, 1.165) is 11.3 Å². The topological polar surface area (TPSA) is 76.4 Å². The lowest BCUT2D eigenvalue weighted by Crippen LogP contribution is -2.24. The van der Waals surface area contributed by atoms with Gasteiger partial charge < -0.3 is 15.2 Å². The number of amides is 1. The van der Waals surface area contributed by atoms with Crippen LogP contribution in [0.4, 0.5) is 5.69 Å². The Morgan fingerprint density at radius 2 is 2.00 bits per heavy atom. The molecule has 0 spiro atoms. The summed E-state index contributed by atoms with van der Waals surface area (Å²) in [7, 11) is 0. The lowest BCUT2D eigenvalue weighted by Gasteiger charge is -2.17. The van der Waals surface area contributed by atoms with Gasteiger partial charge >= 0.3 is 0 Å². The van der Waals surface area contributed by atoms with Crippen molar-refractivity contribution < 1.29 is 14.6 Å². The average molecular weight is 349 g/mol.